The van der Waals surface area contributed by atoms with Crippen LogP contribution in [-0.4, -0.2) is 21.5 Å². The summed E-state index contributed by atoms with van der Waals surface area (Å²) in [5, 5.41) is 3.24. The number of hydrogen-bond acceptors (Lipinski definition) is 4. The fourth-order valence-corrected chi connectivity index (χ4v) is 2.63. The van der Waals surface area contributed by atoms with Gasteiger partial charge >= 0.3 is 0 Å². The SMILES string of the molecule is CCC(CC)Nc1ccc(N)cc1S(=O)(=O)NC. The summed E-state index contributed by atoms with van der Waals surface area (Å²) >= 11 is 0. The van der Waals surface area contributed by atoms with Crippen molar-refractivity contribution < 1.29 is 8.42 Å². The van der Waals surface area contributed by atoms with Gasteiger partial charge in [-0.25, -0.2) is 13.1 Å². The summed E-state index contributed by atoms with van der Waals surface area (Å²) in [5.41, 5.74) is 6.67. The van der Waals surface area contributed by atoms with E-state index in [2.05, 4.69) is 23.9 Å². The molecule has 1 rings (SSSR count). The van der Waals surface area contributed by atoms with Crippen LogP contribution in [0.15, 0.2) is 23.1 Å². The maximum Gasteiger partial charge on any atom is 0.242 e. The molecule has 18 heavy (non-hydrogen) atoms. The highest BCUT2D eigenvalue weighted by molar-refractivity contribution is 7.89. The van der Waals surface area contributed by atoms with Crippen molar-refractivity contribution in [3.05, 3.63) is 18.2 Å². The molecular weight excluding hydrogens is 250 g/mol. The Bertz CT molecular complexity index is 496. The van der Waals surface area contributed by atoms with Crippen LogP contribution in [0.1, 0.15) is 26.7 Å². The minimum atomic E-state index is -3.51. The molecule has 0 aliphatic heterocycles. The zero-order valence-corrected chi connectivity index (χ0v) is 11.8. The normalized spacial score (nSPS) is 11.8. The van der Waals surface area contributed by atoms with E-state index in [-0.39, 0.29) is 10.9 Å². The molecular formula is C12H21N3O2S. The lowest BCUT2D eigenvalue weighted by Gasteiger charge is -2.19. The van der Waals surface area contributed by atoms with Crippen molar-refractivity contribution in [3.8, 4) is 0 Å². The Morgan fingerprint density at radius 2 is 1.89 bits per heavy atom. The van der Waals surface area contributed by atoms with Crippen LogP contribution >= 0.6 is 0 Å². The topological polar surface area (TPSA) is 84.2 Å². The quantitative estimate of drug-likeness (QED) is 0.689. The second-order valence-electron chi connectivity index (χ2n) is 4.12. The van der Waals surface area contributed by atoms with E-state index in [9.17, 15) is 8.42 Å². The van der Waals surface area contributed by atoms with Crippen molar-refractivity contribution in [2.75, 3.05) is 18.1 Å². The first-order valence-electron chi connectivity index (χ1n) is 6.04. The van der Waals surface area contributed by atoms with Crippen LogP contribution in [0.25, 0.3) is 0 Å². The Morgan fingerprint density at radius 1 is 1.28 bits per heavy atom. The molecule has 0 radical (unpaired) electrons. The summed E-state index contributed by atoms with van der Waals surface area (Å²) in [6.45, 7) is 4.12. The molecule has 1 aromatic carbocycles. The van der Waals surface area contributed by atoms with Crippen LogP contribution in [0.4, 0.5) is 11.4 Å². The van der Waals surface area contributed by atoms with Crippen LogP contribution in [-0.2, 0) is 10.0 Å². The molecule has 4 N–H and O–H groups in total. The molecule has 0 spiro atoms. The molecule has 0 saturated heterocycles. The van der Waals surface area contributed by atoms with Gasteiger partial charge in [-0.05, 0) is 38.1 Å². The predicted octanol–water partition coefficient (Wildman–Crippen LogP) is 1.78. The van der Waals surface area contributed by atoms with Crippen molar-refractivity contribution in [1.82, 2.24) is 4.72 Å². The monoisotopic (exact) mass is 271 g/mol. The van der Waals surface area contributed by atoms with Crippen LogP contribution in [0, 0.1) is 0 Å². The average Bonchev–Trinajstić information content (AvgIpc) is 2.37. The molecule has 6 heteroatoms. The van der Waals surface area contributed by atoms with E-state index in [0.29, 0.717) is 11.4 Å². The fraction of sp³-hybridized carbons (Fsp3) is 0.500. The van der Waals surface area contributed by atoms with Crippen molar-refractivity contribution in [2.24, 2.45) is 0 Å². The summed E-state index contributed by atoms with van der Waals surface area (Å²) in [5.74, 6) is 0. The molecule has 0 bridgehead atoms. The summed E-state index contributed by atoms with van der Waals surface area (Å²) in [4.78, 5) is 0.192. The van der Waals surface area contributed by atoms with E-state index in [1.807, 2.05) is 0 Å². The largest absolute Gasteiger partial charge is 0.399 e. The summed E-state index contributed by atoms with van der Waals surface area (Å²) in [6.07, 6.45) is 1.86. The molecule has 0 unspecified atom stereocenters. The van der Waals surface area contributed by atoms with E-state index in [1.165, 1.54) is 13.1 Å². The van der Waals surface area contributed by atoms with Gasteiger partial charge in [0.05, 0.1) is 5.69 Å². The standard InChI is InChI=1S/C12H21N3O2S/c1-4-10(5-2)15-11-7-6-9(13)8-12(11)18(16,17)14-3/h6-8,10,14-15H,4-5,13H2,1-3H3. The number of nitrogens with one attached hydrogen (secondary N) is 2. The van der Waals surface area contributed by atoms with Crippen LogP contribution in [0.5, 0.6) is 0 Å². The highest BCUT2D eigenvalue weighted by Crippen LogP contribution is 2.25. The van der Waals surface area contributed by atoms with Gasteiger partial charge in [0.25, 0.3) is 0 Å². The molecule has 0 aromatic heterocycles. The molecule has 0 aliphatic carbocycles. The molecule has 0 aliphatic rings. The predicted molar refractivity (Wildman–Crippen MR) is 75.1 cm³/mol. The maximum atomic E-state index is 11.9. The van der Waals surface area contributed by atoms with Gasteiger partial charge in [-0.15, -0.1) is 0 Å². The first-order valence-corrected chi connectivity index (χ1v) is 7.52. The third kappa shape index (κ3) is 3.36. The average molecular weight is 271 g/mol. The number of hydrogen-bond donors (Lipinski definition) is 3. The smallest absolute Gasteiger partial charge is 0.242 e. The second kappa shape index (κ2) is 6.06. The van der Waals surface area contributed by atoms with Gasteiger partial charge in [-0.1, -0.05) is 13.8 Å². The minimum absolute atomic E-state index is 0.192. The van der Waals surface area contributed by atoms with Gasteiger partial charge in [0.1, 0.15) is 4.90 Å². The number of nitrogen functional groups attached to an aromatic ring is 1. The summed E-state index contributed by atoms with van der Waals surface area (Å²) in [7, 11) is -2.12. The Balaban J connectivity index is 3.20. The second-order valence-corrected chi connectivity index (χ2v) is 5.98. The summed E-state index contributed by atoms with van der Waals surface area (Å²) in [6, 6.07) is 5.12. The van der Waals surface area contributed by atoms with Gasteiger partial charge in [0.15, 0.2) is 0 Å². The Kier molecular flexibility index (Phi) is 4.98. The van der Waals surface area contributed by atoms with E-state index >= 15 is 0 Å². The van der Waals surface area contributed by atoms with Gasteiger partial charge in [0, 0.05) is 11.7 Å². The zero-order valence-electron chi connectivity index (χ0n) is 11.0. The number of sulfonamides is 1. The lowest BCUT2D eigenvalue weighted by molar-refractivity contribution is 0.588. The molecule has 0 saturated carbocycles. The van der Waals surface area contributed by atoms with E-state index in [1.54, 1.807) is 12.1 Å². The molecule has 0 heterocycles. The highest BCUT2D eigenvalue weighted by Gasteiger charge is 2.18. The number of nitrogens with two attached hydrogens (primary N) is 1. The maximum absolute atomic E-state index is 11.9. The lowest BCUT2D eigenvalue weighted by Crippen LogP contribution is -2.23. The Labute approximate surface area is 109 Å². The minimum Gasteiger partial charge on any atom is -0.399 e. The van der Waals surface area contributed by atoms with Crippen molar-refractivity contribution in [3.63, 3.8) is 0 Å². The molecule has 102 valence electrons. The van der Waals surface area contributed by atoms with Gasteiger partial charge < -0.3 is 11.1 Å². The van der Waals surface area contributed by atoms with Gasteiger partial charge in [-0.3, -0.25) is 0 Å². The molecule has 1 aromatic rings. The van der Waals surface area contributed by atoms with Crippen molar-refractivity contribution in [1.29, 1.82) is 0 Å². The third-order valence-corrected chi connectivity index (χ3v) is 4.36. The molecule has 0 atom stereocenters. The van der Waals surface area contributed by atoms with Crippen molar-refractivity contribution >= 4 is 21.4 Å². The van der Waals surface area contributed by atoms with E-state index < -0.39 is 10.0 Å². The van der Waals surface area contributed by atoms with Crippen LogP contribution in [0.2, 0.25) is 0 Å². The number of benzene rings is 1. The molecule has 0 amide bonds. The molecule has 5 nitrogen and oxygen atoms in total. The van der Waals surface area contributed by atoms with Gasteiger partial charge in [-0.2, -0.15) is 0 Å². The van der Waals surface area contributed by atoms with Crippen LogP contribution in [0.3, 0.4) is 0 Å². The van der Waals surface area contributed by atoms with Gasteiger partial charge in [0.2, 0.25) is 10.0 Å². The highest BCUT2D eigenvalue weighted by atomic mass is 32.2. The summed E-state index contributed by atoms with van der Waals surface area (Å²) < 4.78 is 26.2. The van der Waals surface area contributed by atoms with Crippen LogP contribution < -0.4 is 15.8 Å². The Morgan fingerprint density at radius 3 is 2.39 bits per heavy atom. The van der Waals surface area contributed by atoms with E-state index in [4.69, 9.17) is 5.73 Å². The molecule has 0 fully saturated rings. The fourth-order valence-electron chi connectivity index (χ4n) is 1.70. The zero-order chi connectivity index (χ0) is 13.8. The van der Waals surface area contributed by atoms with Crippen molar-refractivity contribution in [2.45, 2.75) is 37.6 Å². The lowest BCUT2D eigenvalue weighted by atomic mass is 10.1. The Hall–Kier alpha value is -1.27. The first kappa shape index (κ1) is 14.8. The first-order chi connectivity index (χ1) is 8.44. The number of rotatable bonds is 6. The third-order valence-electron chi connectivity index (χ3n) is 2.91. The number of anilines is 2. The van der Waals surface area contributed by atoms with E-state index in [0.717, 1.165) is 12.8 Å².